The number of aromatic nitrogens is 1. The molecule has 1 saturated heterocycles. The summed E-state index contributed by atoms with van der Waals surface area (Å²) in [5.41, 5.74) is 1.71. The topological polar surface area (TPSA) is 118 Å². The SMILES string of the molecule is CCO[C@@H]1OC(C(=O)N2CCOCCOCCOCCOCC2)=C[C@H](c2cn(C(C)=O)c3ccccc23)[C@@H]1CCCO. The summed E-state index contributed by atoms with van der Waals surface area (Å²) in [5, 5.41) is 10.6. The van der Waals surface area contributed by atoms with E-state index in [1.807, 2.05) is 43.5 Å². The van der Waals surface area contributed by atoms with E-state index in [0.717, 1.165) is 16.5 Å². The molecule has 42 heavy (non-hydrogen) atoms. The first kappa shape index (κ1) is 32.1. The summed E-state index contributed by atoms with van der Waals surface area (Å²) >= 11 is 0. The lowest BCUT2D eigenvalue weighted by Crippen LogP contribution is -2.42. The van der Waals surface area contributed by atoms with Crippen molar-refractivity contribution < 1.29 is 43.1 Å². The average Bonchev–Trinajstić information content (AvgIpc) is 3.38. The van der Waals surface area contributed by atoms with Gasteiger partial charge in [-0.2, -0.15) is 0 Å². The Morgan fingerprint density at radius 3 is 2.17 bits per heavy atom. The molecule has 11 nitrogen and oxygen atoms in total. The molecular formula is C31H44N2O9. The van der Waals surface area contributed by atoms with Crippen molar-refractivity contribution in [2.45, 2.75) is 38.9 Å². The van der Waals surface area contributed by atoms with E-state index >= 15 is 0 Å². The van der Waals surface area contributed by atoms with Crippen LogP contribution in [0, 0.1) is 5.92 Å². The number of para-hydroxylation sites is 1. The van der Waals surface area contributed by atoms with Gasteiger partial charge in [0, 0.05) is 56.6 Å². The number of hydrogen-bond donors (Lipinski definition) is 1. The molecule has 0 bridgehead atoms. The van der Waals surface area contributed by atoms with Crippen LogP contribution in [0.25, 0.3) is 10.9 Å². The molecule has 3 atom stereocenters. The lowest BCUT2D eigenvalue weighted by Gasteiger charge is -2.38. The maximum Gasteiger partial charge on any atom is 0.288 e. The molecule has 2 aliphatic heterocycles. The summed E-state index contributed by atoms with van der Waals surface area (Å²) in [4.78, 5) is 28.2. The van der Waals surface area contributed by atoms with Crippen LogP contribution in [0.4, 0.5) is 0 Å². The Kier molecular flexibility index (Phi) is 12.8. The number of carbonyl (C=O) groups excluding carboxylic acids is 2. The van der Waals surface area contributed by atoms with Crippen LogP contribution in [-0.2, 0) is 33.2 Å². The zero-order chi connectivity index (χ0) is 29.7. The van der Waals surface area contributed by atoms with Crippen molar-refractivity contribution in [2.75, 3.05) is 79.2 Å². The molecule has 1 amide bonds. The largest absolute Gasteiger partial charge is 0.459 e. The standard InChI is InChI=1S/C31H44N2O9/c1-3-41-31-25(8-6-12-34)26(27-22-33(23(2)35)28-9-5-4-7-24(27)28)21-29(42-31)30(36)32-10-13-37-15-17-39-19-20-40-18-16-38-14-11-32/h4-5,7,9,21-22,25-26,31,34H,3,6,8,10-20H2,1-2H3/t25-,26-,31+/m0/s1. The third-order valence-electron chi connectivity index (χ3n) is 7.48. The Balaban J connectivity index is 1.66. The molecule has 1 fully saturated rings. The van der Waals surface area contributed by atoms with Crippen LogP contribution < -0.4 is 0 Å². The van der Waals surface area contributed by atoms with E-state index in [0.29, 0.717) is 85.4 Å². The molecule has 3 heterocycles. The fourth-order valence-electron chi connectivity index (χ4n) is 5.43. The third-order valence-corrected chi connectivity index (χ3v) is 7.48. The maximum absolute atomic E-state index is 14.0. The highest BCUT2D eigenvalue weighted by atomic mass is 16.7. The van der Waals surface area contributed by atoms with Gasteiger partial charge in [-0.25, -0.2) is 0 Å². The van der Waals surface area contributed by atoms with Gasteiger partial charge in [0.25, 0.3) is 5.91 Å². The van der Waals surface area contributed by atoms with Crippen molar-refractivity contribution in [2.24, 2.45) is 5.92 Å². The Morgan fingerprint density at radius 2 is 1.57 bits per heavy atom. The molecule has 0 spiro atoms. The molecule has 4 rings (SSSR count). The zero-order valence-electron chi connectivity index (χ0n) is 24.7. The molecule has 0 saturated carbocycles. The number of amides is 1. The maximum atomic E-state index is 14.0. The molecular weight excluding hydrogens is 544 g/mol. The van der Waals surface area contributed by atoms with Crippen LogP contribution in [0.3, 0.4) is 0 Å². The van der Waals surface area contributed by atoms with Gasteiger partial charge in [0.15, 0.2) is 5.76 Å². The van der Waals surface area contributed by atoms with Gasteiger partial charge in [-0.1, -0.05) is 18.2 Å². The first-order chi connectivity index (χ1) is 20.5. The summed E-state index contributed by atoms with van der Waals surface area (Å²) < 4.78 is 36.4. The van der Waals surface area contributed by atoms with Crippen LogP contribution in [0.5, 0.6) is 0 Å². The van der Waals surface area contributed by atoms with Crippen molar-refractivity contribution in [3.63, 3.8) is 0 Å². The number of ether oxygens (including phenoxy) is 6. The van der Waals surface area contributed by atoms with Gasteiger partial charge >= 0.3 is 0 Å². The lowest BCUT2D eigenvalue weighted by molar-refractivity contribution is -0.170. The molecule has 232 valence electrons. The minimum Gasteiger partial charge on any atom is -0.459 e. The molecule has 0 unspecified atom stereocenters. The molecule has 1 N–H and O–H groups in total. The van der Waals surface area contributed by atoms with E-state index in [4.69, 9.17) is 28.4 Å². The van der Waals surface area contributed by atoms with Crippen LogP contribution in [0.1, 0.15) is 43.0 Å². The number of rotatable bonds is 7. The highest BCUT2D eigenvalue weighted by molar-refractivity contribution is 5.95. The summed E-state index contributed by atoms with van der Waals surface area (Å²) in [6.07, 6.45) is 4.15. The van der Waals surface area contributed by atoms with Crippen LogP contribution in [0.15, 0.2) is 42.3 Å². The van der Waals surface area contributed by atoms with Gasteiger partial charge < -0.3 is 38.4 Å². The normalized spacial score (nSPS) is 23.5. The highest BCUT2D eigenvalue weighted by Gasteiger charge is 2.40. The number of allylic oxidation sites excluding steroid dienone is 1. The molecule has 2 aliphatic rings. The van der Waals surface area contributed by atoms with Gasteiger partial charge in [-0.15, -0.1) is 0 Å². The molecule has 0 aliphatic carbocycles. The van der Waals surface area contributed by atoms with Crippen molar-refractivity contribution in [1.29, 1.82) is 0 Å². The second-order valence-electron chi connectivity index (χ2n) is 10.3. The van der Waals surface area contributed by atoms with E-state index in [1.165, 1.54) is 6.92 Å². The van der Waals surface area contributed by atoms with Crippen molar-refractivity contribution >= 4 is 22.7 Å². The number of hydrogen-bond acceptors (Lipinski definition) is 9. The summed E-state index contributed by atoms with van der Waals surface area (Å²) in [6, 6.07) is 7.74. The smallest absolute Gasteiger partial charge is 0.288 e. The van der Waals surface area contributed by atoms with E-state index in [2.05, 4.69) is 0 Å². The Hall–Kier alpha value is -2.80. The predicted octanol–water partition coefficient (Wildman–Crippen LogP) is 2.96. The Bertz CT molecular complexity index is 1160. The summed E-state index contributed by atoms with van der Waals surface area (Å²) in [5.74, 6) is -0.686. The van der Waals surface area contributed by atoms with Gasteiger partial charge in [-0.3, -0.25) is 14.2 Å². The Labute approximate surface area is 247 Å². The van der Waals surface area contributed by atoms with Gasteiger partial charge in [0.1, 0.15) is 0 Å². The first-order valence-electron chi connectivity index (χ1n) is 14.9. The third kappa shape index (κ3) is 8.40. The van der Waals surface area contributed by atoms with Crippen LogP contribution in [-0.4, -0.2) is 112 Å². The number of benzene rings is 1. The average molecular weight is 589 g/mol. The predicted molar refractivity (Wildman–Crippen MR) is 155 cm³/mol. The molecule has 1 aromatic heterocycles. The minimum absolute atomic E-state index is 0.0244. The number of aliphatic hydroxyl groups excluding tert-OH is 1. The monoisotopic (exact) mass is 588 g/mol. The van der Waals surface area contributed by atoms with E-state index in [-0.39, 0.29) is 36.0 Å². The van der Waals surface area contributed by atoms with Crippen molar-refractivity contribution in [3.8, 4) is 0 Å². The van der Waals surface area contributed by atoms with Crippen LogP contribution >= 0.6 is 0 Å². The first-order valence-corrected chi connectivity index (χ1v) is 14.9. The summed E-state index contributed by atoms with van der Waals surface area (Å²) in [6.45, 7) is 7.90. The van der Waals surface area contributed by atoms with Crippen LogP contribution in [0.2, 0.25) is 0 Å². The van der Waals surface area contributed by atoms with Crippen molar-refractivity contribution in [3.05, 3.63) is 47.9 Å². The molecule has 0 radical (unpaired) electrons. The van der Waals surface area contributed by atoms with E-state index in [1.54, 1.807) is 9.47 Å². The summed E-state index contributed by atoms with van der Waals surface area (Å²) in [7, 11) is 0. The van der Waals surface area contributed by atoms with Gasteiger partial charge in [0.05, 0.1) is 58.4 Å². The molecule has 2 aromatic rings. The number of aliphatic hydroxyl groups is 1. The van der Waals surface area contributed by atoms with Gasteiger partial charge in [0.2, 0.25) is 12.2 Å². The molecule has 11 heteroatoms. The van der Waals surface area contributed by atoms with Gasteiger partial charge in [-0.05, 0) is 37.5 Å². The number of fused-ring (bicyclic) bond motifs is 1. The number of carbonyl (C=O) groups is 2. The fraction of sp³-hybridized carbons (Fsp3) is 0.613. The lowest BCUT2D eigenvalue weighted by atomic mass is 9.80. The minimum atomic E-state index is -0.708. The zero-order valence-corrected chi connectivity index (χ0v) is 24.7. The Morgan fingerprint density at radius 1 is 0.952 bits per heavy atom. The van der Waals surface area contributed by atoms with Crippen molar-refractivity contribution in [1.82, 2.24) is 9.47 Å². The van der Waals surface area contributed by atoms with E-state index in [9.17, 15) is 14.7 Å². The number of nitrogens with zero attached hydrogens (tertiary/aromatic N) is 2. The second-order valence-corrected chi connectivity index (χ2v) is 10.3. The van der Waals surface area contributed by atoms with E-state index < -0.39 is 6.29 Å². The fourth-order valence-corrected chi connectivity index (χ4v) is 5.43. The quantitative estimate of drug-likeness (QED) is 0.521. The molecule has 1 aromatic carbocycles. The second kappa shape index (κ2) is 16.7. The highest BCUT2D eigenvalue weighted by Crippen LogP contribution is 2.42.